The Morgan fingerprint density at radius 2 is 1.64 bits per heavy atom. The number of aromatic nitrogens is 5. The number of carbonyl (C=O) groups is 5. The number of ether oxygens (including phenoxy) is 4. The van der Waals surface area contributed by atoms with Crippen LogP contribution in [0.5, 0.6) is 0 Å². The second kappa shape index (κ2) is 22.6. The number of Topliss-reactive ketones (excluding diaryl/α,β-unsaturated/α-hetero) is 2. The van der Waals surface area contributed by atoms with Crippen molar-refractivity contribution in [2.75, 3.05) is 91.9 Å². The maximum Gasteiger partial charge on any atom is 0.248 e. The molecule has 7 rings (SSSR count). The first kappa shape index (κ1) is 48.8. The standard InChI is InChI=1S/C46H59BrN10O9/c1-29(58)43-35-20-31(32-23-50-40(51-24-32)11-7-33(59)26-65-18-17-64-15-13-49-41(60)27-66-19-16-63-14-12-48)6-9-36(35)56(54-43)25-42(61)57-37(21-46(22-38(46)57)28-55(2)3)45(62)53-44-34(30-4-5-30)8-10-39(47)52-44/h6,8-10,20,23-24,30,37-38H,4-5,7,11-19,21-22,25-28,48H2,1-3H3,(H,49,60)(H,52,53,62)/t37-,38+,46-/m0/s1. The summed E-state index contributed by atoms with van der Waals surface area (Å²) >= 11 is 3.45. The van der Waals surface area contributed by atoms with Crippen molar-refractivity contribution in [2.24, 2.45) is 11.1 Å². The molecule has 1 saturated heterocycles. The normalized spacial score (nSPS) is 18.7. The maximum atomic E-state index is 14.4. The van der Waals surface area contributed by atoms with Gasteiger partial charge in [0.2, 0.25) is 17.7 Å². The molecule has 3 aliphatic rings. The van der Waals surface area contributed by atoms with Crippen LogP contribution in [0.2, 0.25) is 0 Å². The summed E-state index contributed by atoms with van der Waals surface area (Å²) in [7, 11) is 4.01. The van der Waals surface area contributed by atoms with Gasteiger partial charge in [0.1, 0.15) is 47.7 Å². The van der Waals surface area contributed by atoms with Gasteiger partial charge in [-0.2, -0.15) is 5.10 Å². The van der Waals surface area contributed by atoms with Crippen molar-refractivity contribution in [2.45, 2.75) is 70.0 Å². The largest absolute Gasteiger partial charge is 0.378 e. The summed E-state index contributed by atoms with van der Waals surface area (Å²) in [6.45, 7) is 4.59. The number of aryl methyl sites for hydroxylation is 1. The van der Waals surface area contributed by atoms with E-state index in [0.29, 0.717) is 91.0 Å². The molecule has 4 aromatic rings. The van der Waals surface area contributed by atoms with Gasteiger partial charge in [0.05, 0.1) is 45.2 Å². The number of hydrogen-bond donors (Lipinski definition) is 3. The Morgan fingerprint density at radius 3 is 2.35 bits per heavy atom. The fourth-order valence-electron chi connectivity index (χ4n) is 8.63. The van der Waals surface area contributed by atoms with Gasteiger partial charge in [-0.1, -0.05) is 12.1 Å². The Hall–Kier alpha value is -5.09. The number of nitrogens with zero attached hydrogens (tertiary/aromatic N) is 7. The predicted molar refractivity (Wildman–Crippen MR) is 247 cm³/mol. The van der Waals surface area contributed by atoms with E-state index in [0.717, 1.165) is 36.9 Å². The van der Waals surface area contributed by atoms with Crippen LogP contribution in [0.3, 0.4) is 0 Å². The highest BCUT2D eigenvalue weighted by Gasteiger charge is 2.67. The lowest BCUT2D eigenvalue weighted by molar-refractivity contribution is -0.138. The minimum atomic E-state index is -0.686. The molecule has 66 heavy (non-hydrogen) atoms. The third-order valence-corrected chi connectivity index (χ3v) is 12.3. The highest BCUT2D eigenvalue weighted by molar-refractivity contribution is 9.10. The molecule has 4 N–H and O–H groups in total. The number of amides is 3. The molecule has 19 nitrogen and oxygen atoms in total. The van der Waals surface area contributed by atoms with Gasteiger partial charge in [0, 0.05) is 74.2 Å². The molecule has 0 unspecified atom stereocenters. The Bertz CT molecular complexity index is 2380. The molecule has 0 spiro atoms. The highest BCUT2D eigenvalue weighted by atomic mass is 79.9. The first-order chi connectivity index (χ1) is 31.9. The molecule has 0 bridgehead atoms. The number of nitrogens with one attached hydrogen (secondary N) is 2. The second-order valence-corrected chi connectivity index (χ2v) is 18.2. The molecule has 1 aromatic carbocycles. The van der Waals surface area contributed by atoms with Crippen LogP contribution in [0.25, 0.3) is 22.0 Å². The molecule has 2 saturated carbocycles. The Kier molecular flexibility index (Phi) is 16.7. The van der Waals surface area contributed by atoms with Crippen LogP contribution in [0.15, 0.2) is 47.3 Å². The molecule has 1 aliphatic heterocycles. The fourth-order valence-corrected chi connectivity index (χ4v) is 8.94. The summed E-state index contributed by atoms with van der Waals surface area (Å²) in [5.74, 6) is 0.290. The first-order valence-corrected chi connectivity index (χ1v) is 23.2. The van der Waals surface area contributed by atoms with E-state index in [4.69, 9.17) is 24.7 Å². The Balaban J connectivity index is 0.900. The number of carbonyl (C=O) groups excluding carboxylic acids is 5. The number of piperidine rings is 1. The molecule has 0 radical (unpaired) electrons. The van der Waals surface area contributed by atoms with Crippen molar-refractivity contribution in [3.8, 4) is 11.1 Å². The van der Waals surface area contributed by atoms with Gasteiger partial charge in [-0.25, -0.2) is 15.0 Å². The number of halogens is 1. The number of benzene rings is 1. The van der Waals surface area contributed by atoms with Crippen molar-refractivity contribution in [3.63, 3.8) is 0 Å². The van der Waals surface area contributed by atoms with Gasteiger partial charge in [0.15, 0.2) is 11.6 Å². The Morgan fingerprint density at radius 1 is 0.909 bits per heavy atom. The minimum absolute atomic E-state index is 0.0665. The molecule has 4 heterocycles. The van der Waals surface area contributed by atoms with Crippen molar-refractivity contribution >= 4 is 61.9 Å². The molecule has 3 amide bonds. The lowest BCUT2D eigenvalue weighted by Crippen LogP contribution is -2.47. The van der Waals surface area contributed by atoms with E-state index >= 15 is 0 Å². The van der Waals surface area contributed by atoms with E-state index in [9.17, 15) is 24.0 Å². The SMILES string of the molecule is CC(=O)c1nn(CC(=O)N2[C@H](C(=O)Nc3nc(Br)ccc3C3CC3)C[C@@]3(CN(C)C)C[C@@H]23)c2ccc(-c3cnc(CCC(=O)COCCOCCNC(=O)COCCOCCN)nc3)cc12. The molecular weight excluding hydrogens is 916 g/mol. The lowest BCUT2D eigenvalue weighted by Gasteiger charge is -2.27. The number of pyridine rings is 1. The number of rotatable bonds is 27. The minimum Gasteiger partial charge on any atom is -0.378 e. The number of fused-ring (bicyclic) bond motifs is 2. The van der Waals surface area contributed by atoms with Gasteiger partial charge >= 0.3 is 0 Å². The molecule has 2 aliphatic carbocycles. The number of ketones is 2. The number of anilines is 1. The van der Waals surface area contributed by atoms with Crippen LogP contribution in [-0.4, -0.2) is 162 Å². The zero-order valence-corrected chi connectivity index (χ0v) is 39.3. The first-order valence-electron chi connectivity index (χ1n) is 22.4. The zero-order chi connectivity index (χ0) is 46.8. The van der Waals surface area contributed by atoms with Crippen molar-refractivity contribution in [1.82, 2.24) is 39.8 Å². The van der Waals surface area contributed by atoms with Gasteiger partial charge in [-0.05, 0) is 91.0 Å². The summed E-state index contributed by atoms with van der Waals surface area (Å²) in [6.07, 6.45) is 7.32. The van der Waals surface area contributed by atoms with E-state index in [-0.39, 0.29) is 85.8 Å². The summed E-state index contributed by atoms with van der Waals surface area (Å²) in [4.78, 5) is 83.1. The van der Waals surface area contributed by atoms with Crippen LogP contribution >= 0.6 is 15.9 Å². The number of likely N-dealkylation sites (tertiary alicyclic amines) is 1. The van der Waals surface area contributed by atoms with Crippen molar-refractivity contribution < 1.29 is 42.9 Å². The summed E-state index contributed by atoms with van der Waals surface area (Å²) in [5, 5.41) is 11.0. The second-order valence-electron chi connectivity index (χ2n) is 17.4. The van der Waals surface area contributed by atoms with Crippen LogP contribution in [0.1, 0.15) is 66.8 Å². The van der Waals surface area contributed by atoms with Crippen molar-refractivity contribution in [3.05, 3.63) is 64.4 Å². The van der Waals surface area contributed by atoms with Crippen LogP contribution in [-0.2, 0) is 51.1 Å². The van der Waals surface area contributed by atoms with Crippen LogP contribution < -0.4 is 16.4 Å². The average Bonchev–Trinajstić information content (AvgIpc) is 4.20. The van der Waals surface area contributed by atoms with Gasteiger partial charge < -0.3 is 45.1 Å². The fraction of sp³-hybridized carbons (Fsp3) is 0.543. The monoisotopic (exact) mass is 974 g/mol. The topological polar surface area (TPSA) is 235 Å². The van der Waals surface area contributed by atoms with E-state index in [1.165, 1.54) is 6.92 Å². The smallest absolute Gasteiger partial charge is 0.248 e. The van der Waals surface area contributed by atoms with Crippen molar-refractivity contribution in [1.29, 1.82) is 0 Å². The van der Waals surface area contributed by atoms with E-state index in [1.807, 2.05) is 44.4 Å². The Labute approximate surface area is 392 Å². The van der Waals surface area contributed by atoms with Crippen LogP contribution in [0, 0.1) is 5.41 Å². The van der Waals surface area contributed by atoms with Crippen LogP contribution in [0.4, 0.5) is 5.82 Å². The maximum absolute atomic E-state index is 14.4. The van der Waals surface area contributed by atoms with E-state index < -0.39 is 6.04 Å². The zero-order valence-electron chi connectivity index (χ0n) is 37.8. The van der Waals surface area contributed by atoms with Gasteiger partial charge in [0.25, 0.3) is 0 Å². The van der Waals surface area contributed by atoms with Gasteiger partial charge in [-0.3, -0.25) is 28.7 Å². The molecule has 354 valence electrons. The summed E-state index contributed by atoms with van der Waals surface area (Å²) in [6, 6.07) is 8.64. The molecule has 20 heteroatoms. The van der Waals surface area contributed by atoms with Gasteiger partial charge in [-0.15, -0.1) is 0 Å². The third-order valence-electron chi connectivity index (χ3n) is 11.9. The molecule has 3 atom stereocenters. The lowest BCUT2D eigenvalue weighted by atomic mass is 9.98. The summed E-state index contributed by atoms with van der Waals surface area (Å²) < 4.78 is 23.5. The molecular formula is C46H59BrN10O9. The quantitative estimate of drug-likeness (QED) is 0.0443. The number of hydrogen-bond acceptors (Lipinski definition) is 15. The average molecular weight is 976 g/mol. The van der Waals surface area contributed by atoms with E-state index in [2.05, 4.69) is 51.5 Å². The van der Waals surface area contributed by atoms with E-state index in [1.54, 1.807) is 22.0 Å². The molecule has 3 fully saturated rings. The summed E-state index contributed by atoms with van der Waals surface area (Å²) in [5.41, 5.74) is 8.45. The number of nitrogens with two attached hydrogens (primary N) is 1. The third kappa shape index (κ3) is 12.7. The molecule has 3 aromatic heterocycles. The highest BCUT2D eigenvalue weighted by Crippen LogP contribution is 2.60. The predicted octanol–water partition coefficient (Wildman–Crippen LogP) is 2.93.